The molecule has 0 amide bonds. The Labute approximate surface area is 84.5 Å². The Morgan fingerprint density at radius 2 is 2.14 bits per heavy atom. The Kier molecular flexibility index (Phi) is 2.79. The largest absolute Gasteiger partial charge is 0.379 e. The molecule has 0 aromatic heterocycles. The first-order chi connectivity index (χ1) is 6.62. The van der Waals surface area contributed by atoms with Crippen LogP contribution in [0.2, 0.25) is 0 Å². The molecule has 0 aliphatic carbocycles. The first kappa shape index (κ1) is 10.4. The van der Waals surface area contributed by atoms with Crippen LogP contribution in [0.5, 0.6) is 0 Å². The molecule has 3 unspecified atom stereocenters. The van der Waals surface area contributed by atoms with E-state index >= 15 is 0 Å². The van der Waals surface area contributed by atoms with Crippen LogP contribution < -0.4 is 0 Å². The highest BCUT2D eigenvalue weighted by Gasteiger charge is 2.43. The molecule has 4 nitrogen and oxygen atoms in total. The summed E-state index contributed by atoms with van der Waals surface area (Å²) < 4.78 is 22.2. The predicted octanol–water partition coefficient (Wildman–Crippen LogP) is 0.942. The Morgan fingerprint density at radius 3 is 2.71 bits per heavy atom. The minimum Gasteiger partial charge on any atom is -0.379 e. The topological polar surface area (TPSA) is 36.9 Å². The maximum Gasteiger partial charge on any atom is 0.163 e. The maximum absolute atomic E-state index is 5.74. The fraction of sp³-hybridized carbons (Fsp3) is 1.00. The lowest BCUT2D eigenvalue weighted by Gasteiger charge is -2.23. The van der Waals surface area contributed by atoms with Gasteiger partial charge in [0.15, 0.2) is 5.79 Å². The molecule has 2 rings (SSSR count). The smallest absolute Gasteiger partial charge is 0.163 e. The van der Waals surface area contributed by atoms with Gasteiger partial charge < -0.3 is 18.9 Å². The summed E-state index contributed by atoms with van der Waals surface area (Å²) >= 11 is 0. The van der Waals surface area contributed by atoms with Crippen LogP contribution in [-0.4, -0.2) is 44.4 Å². The summed E-state index contributed by atoms with van der Waals surface area (Å²) in [6.45, 7) is 5.19. The lowest BCUT2D eigenvalue weighted by molar-refractivity contribution is -0.159. The molecule has 2 aliphatic rings. The van der Waals surface area contributed by atoms with E-state index in [1.165, 1.54) is 0 Å². The molecule has 0 N–H and O–H groups in total. The van der Waals surface area contributed by atoms with Gasteiger partial charge >= 0.3 is 0 Å². The van der Waals surface area contributed by atoms with Crippen molar-refractivity contribution in [2.45, 2.75) is 44.4 Å². The standard InChI is InChI=1S/C10H18O4/c1-10(2)13-6-8(14-10)9-7(11-3)4-5-12-9/h7-9H,4-6H2,1-3H3. The normalized spacial score (nSPS) is 41.8. The molecule has 0 spiro atoms. The van der Waals surface area contributed by atoms with Crippen molar-refractivity contribution < 1.29 is 18.9 Å². The minimum atomic E-state index is -0.477. The number of methoxy groups -OCH3 is 1. The fourth-order valence-corrected chi connectivity index (χ4v) is 2.07. The van der Waals surface area contributed by atoms with E-state index in [0.29, 0.717) is 6.61 Å². The van der Waals surface area contributed by atoms with Crippen molar-refractivity contribution in [2.24, 2.45) is 0 Å². The molecular formula is C10H18O4. The predicted molar refractivity (Wildman–Crippen MR) is 50.1 cm³/mol. The zero-order valence-electron chi connectivity index (χ0n) is 8.99. The summed E-state index contributed by atoms with van der Waals surface area (Å²) in [4.78, 5) is 0. The van der Waals surface area contributed by atoms with Crippen molar-refractivity contribution in [1.29, 1.82) is 0 Å². The quantitative estimate of drug-likeness (QED) is 0.668. The summed E-state index contributed by atoms with van der Waals surface area (Å²) in [6, 6.07) is 0. The van der Waals surface area contributed by atoms with Crippen LogP contribution in [0.4, 0.5) is 0 Å². The van der Waals surface area contributed by atoms with E-state index < -0.39 is 5.79 Å². The van der Waals surface area contributed by atoms with E-state index in [1.54, 1.807) is 7.11 Å². The van der Waals surface area contributed by atoms with Crippen LogP contribution in [0.1, 0.15) is 20.3 Å². The monoisotopic (exact) mass is 202 g/mol. The molecule has 0 radical (unpaired) electrons. The van der Waals surface area contributed by atoms with Gasteiger partial charge in [0.2, 0.25) is 0 Å². The van der Waals surface area contributed by atoms with Gasteiger partial charge in [-0.25, -0.2) is 0 Å². The van der Waals surface area contributed by atoms with Crippen molar-refractivity contribution in [1.82, 2.24) is 0 Å². The van der Waals surface area contributed by atoms with Gasteiger partial charge in [0, 0.05) is 13.7 Å². The van der Waals surface area contributed by atoms with Crippen LogP contribution in [0, 0.1) is 0 Å². The number of ether oxygens (including phenoxy) is 4. The summed E-state index contributed by atoms with van der Waals surface area (Å²) in [5.41, 5.74) is 0. The lowest BCUT2D eigenvalue weighted by Crippen LogP contribution is -2.38. The van der Waals surface area contributed by atoms with E-state index in [1.807, 2.05) is 13.8 Å². The average Bonchev–Trinajstić information content (AvgIpc) is 2.70. The lowest BCUT2D eigenvalue weighted by atomic mass is 10.1. The third-order valence-electron chi connectivity index (χ3n) is 2.78. The average molecular weight is 202 g/mol. The molecule has 0 aromatic rings. The van der Waals surface area contributed by atoms with Crippen molar-refractivity contribution in [2.75, 3.05) is 20.3 Å². The third kappa shape index (κ3) is 1.93. The van der Waals surface area contributed by atoms with Gasteiger partial charge in [0.05, 0.1) is 12.7 Å². The minimum absolute atomic E-state index is 0.0115. The highest BCUT2D eigenvalue weighted by Crippen LogP contribution is 2.30. The Hall–Kier alpha value is -0.160. The summed E-state index contributed by atoms with van der Waals surface area (Å²) in [7, 11) is 1.72. The first-order valence-electron chi connectivity index (χ1n) is 5.08. The molecule has 82 valence electrons. The summed E-state index contributed by atoms with van der Waals surface area (Å²) in [5, 5.41) is 0. The molecule has 4 heteroatoms. The second-order valence-electron chi connectivity index (χ2n) is 4.27. The van der Waals surface area contributed by atoms with Crippen LogP contribution in [0.25, 0.3) is 0 Å². The van der Waals surface area contributed by atoms with Crippen LogP contribution >= 0.6 is 0 Å². The molecule has 2 heterocycles. The highest BCUT2D eigenvalue weighted by molar-refractivity contribution is 4.87. The van der Waals surface area contributed by atoms with Crippen molar-refractivity contribution in [3.63, 3.8) is 0 Å². The van der Waals surface area contributed by atoms with Crippen molar-refractivity contribution in [3.05, 3.63) is 0 Å². The third-order valence-corrected chi connectivity index (χ3v) is 2.78. The first-order valence-corrected chi connectivity index (χ1v) is 5.08. The van der Waals surface area contributed by atoms with Crippen LogP contribution in [0.3, 0.4) is 0 Å². The second-order valence-corrected chi connectivity index (χ2v) is 4.27. The Balaban J connectivity index is 1.95. The van der Waals surface area contributed by atoms with E-state index in [0.717, 1.165) is 13.0 Å². The SMILES string of the molecule is COC1CCOC1C1COC(C)(C)O1. The molecule has 14 heavy (non-hydrogen) atoms. The maximum atomic E-state index is 5.74. The molecule has 2 fully saturated rings. The van der Waals surface area contributed by atoms with Gasteiger partial charge in [-0.05, 0) is 20.3 Å². The molecule has 0 aromatic carbocycles. The molecular weight excluding hydrogens is 184 g/mol. The zero-order valence-corrected chi connectivity index (χ0v) is 8.99. The van der Waals surface area contributed by atoms with Crippen LogP contribution in [-0.2, 0) is 18.9 Å². The van der Waals surface area contributed by atoms with Gasteiger partial charge in [-0.2, -0.15) is 0 Å². The number of hydrogen-bond acceptors (Lipinski definition) is 4. The van der Waals surface area contributed by atoms with Crippen molar-refractivity contribution in [3.8, 4) is 0 Å². The number of rotatable bonds is 2. The van der Waals surface area contributed by atoms with Gasteiger partial charge in [-0.3, -0.25) is 0 Å². The number of hydrogen-bond donors (Lipinski definition) is 0. The van der Waals surface area contributed by atoms with E-state index in [-0.39, 0.29) is 18.3 Å². The molecule has 0 saturated carbocycles. The summed E-state index contributed by atoms with van der Waals surface area (Å²) in [6.07, 6.45) is 1.14. The zero-order chi connectivity index (χ0) is 10.2. The Morgan fingerprint density at radius 1 is 1.36 bits per heavy atom. The fourth-order valence-electron chi connectivity index (χ4n) is 2.07. The highest BCUT2D eigenvalue weighted by atomic mass is 16.8. The second kappa shape index (κ2) is 3.77. The van der Waals surface area contributed by atoms with Gasteiger partial charge in [0.25, 0.3) is 0 Å². The van der Waals surface area contributed by atoms with Gasteiger partial charge in [-0.1, -0.05) is 0 Å². The molecule has 0 bridgehead atoms. The molecule has 2 saturated heterocycles. The molecule has 3 atom stereocenters. The summed E-state index contributed by atoms with van der Waals surface area (Å²) in [5.74, 6) is -0.477. The van der Waals surface area contributed by atoms with Gasteiger partial charge in [0.1, 0.15) is 12.2 Å². The van der Waals surface area contributed by atoms with E-state index in [9.17, 15) is 0 Å². The van der Waals surface area contributed by atoms with E-state index in [2.05, 4.69) is 0 Å². The van der Waals surface area contributed by atoms with Gasteiger partial charge in [-0.15, -0.1) is 0 Å². The van der Waals surface area contributed by atoms with Crippen molar-refractivity contribution >= 4 is 0 Å². The van der Waals surface area contributed by atoms with E-state index in [4.69, 9.17) is 18.9 Å². The molecule has 2 aliphatic heterocycles. The Bertz CT molecular complexity index is 204. The van der Waals surface area contributed by atoms with Crippen LogP contribution in [0.15, 0.2) is 0 Å².